The molecule has 0 aliphatic carbocycles. The second-order valence-electron chi connectivity index (χ2n) is 4.70. The van der Waals surface area contributed by atoms with Crippen molar-refractivity contribution in [2.24, 2.45) is 0 Å². The summed E-state index contributed by atoms with van der Waals surface area (Å²) in [6.45, 7) is 3.00. The van der Waals surface area contributed by atoms with E-state index in [9.17, 15) is 9.59 Å². The van der Waals surface area contributed by atoms with Crippen molar-refractivity contribution < 1.29 is 18.8 Å². The van der Waals surface area contributed by atoms with Gasteiger partial charge in [-0.15, -0.1) is 0 Å². The van der Waals surface area contributed by atoms with E-state index in [0.717, 1.165) is 0 Å². The summed E-state index contributed by atoms with van der Waals surface area (Å²) in [5.74, 6) is -0.808. The van der Waals surface area contributed by atoms with Crippen LogP contribution in [-0.2, 0) is 16.0 Å². The van der Waals surface area contributed by atoms with Crippen LogP contribution in [0.25, 0.3) is 0 Å². The van der Waals surface area contributed by atoms with Gasteiger partial charge in [0, 0.05) is 15.7 Å². The zero-order valence-electron chi connectivity index (χ0n) is 12.5. The molecule has 0 aliphatic rings. The fourth-order valence-corrected chi connectivity index (χ4v) is 2.47. The van der Waals surface area contributed by atoms with Crippen molar-refractivity contribution in [2.45, 2.75) is 20.3 Å². The second-order valence-corrected chi connectivity index (χ2v) is 5.57. The third-order valence-electron chi connectivity index (χ3n) is 2.95. The largest absolute Gasteiger partial charge is 0.452 e. The van der Waals surface area contributed by atoms with E-state index in [0.29, 0.717) is 33.6 Å². The van der Waals surface area contributed by atoms with E-state index in [4.69, 9.17) is 32.5 Å². The number of carbonyl (C=O) groups is 2. The Morgan fingerprint density at radius 1 is 1.26 bits per heavy atom. The van der Waals surface area contributed by atoms with Gasteiger partial charge in [0.25, 0.3) is 5.91 Å². The Kier molecular flexibility index (Phi) is 5.63. The standard InChI is InChI=1S/C15H14Cl2N2O4/c1-3-12-14(8(2)23-19-12)15(21)22-7-13(20)18-11-5-9(16)4-10(17)6-11/h4-6H,3,7H2,1-2H3,(H,18,20). The predicted molar refractivity (Wildman–Crippen MR) is 86.0 cm³/mol. The molecule has 0 spiro atoms. The van der Waals surface area contributed by atoms with Gasteiger partial charge in [0.05, 0.1) is 5.69 Å². The molecule has 0 saturated carbocycles. The van der Waals surface area contributed by atoms with Crippen LogP contribution in [0, 0.1) is 6.92 Å². The Balaban J connectivity index is 1.96. The lowest BCUT2D eigenvalue weighted by atomic mass is 10.1. The smallest absolute Gasteiger partial charge is 0.344 e. The Morgan fingerprint density at radius 2 is 1.91 bits per heavy atom. The summed E-state index contributed by atoms with van der Waals surface area (Å²) >= 11 is 11.7. The fraction of sp³-hybridized carbons (Fsp3) is 0.267. The number of esters is 1. The number of rotatable bonds is 5. The normalized spacial score (nSPS) is 10.4. The predicted octanol–water partition coefficient (Wildman–Crippen LogP) is 3.65. The van der Waals surface area contributed by atoms with E-state index < -0.39 is 18.5 Å². The molecule has 1 N–H and O–H groups in total. The molecular formula is C15H14Cl2N2O4. The summed E-state index contributed by atoms with van der Waals surface area (Å²) < 4.78 is 9.94. The first-order valence-corrected chi connectivity index (χ1v) is 7.54. The maximum atomic E-state index is 12.0. The first-order valence-electron chi connectivity index (χ1n) is 6.79. The van der Waals surface area contributed by atoms with Gasteiger partial charge in [-0.25, -0.2) is 4.79 Å². The van der Waals surface area contributed by atoms with Gasteiger partial charge in [-0.05, 0) is 31.5 Å². The molecule has 0 unspecified atom stereocenters. The highest BCUT2D eigenvalue weighted by molar-refractivity contribution is 6.35. The molecular weight excluding hydrogens is 343 g/mol. The molecule has 2 rings (SSSR count). The molecule has 0 fully saturated rings. The number of nitrogens with one attached hydrogen (secondary N) is 1. The minimum absolute atomic E-state index is 0.256. The van der Waals surface area contributed by atoms with Crippen molar-refractivity contribution in [1.82, 2.24) is 5.16 Å². The lowest BCUT2D eigenvalue weighted by Crippen LogP contribution is -2.21. The molecule has 6 nitrogen and oxygen atoms in total. The number of benzene rings is 1. The van der Waals surface area contributed by atoms with Crippen molar-refractivity contribution in [3.8, 4) is 0 Å². The molecule has 0 radical (unpaired) electrons. The molecule has 0 aliphatic heterocycles. The monoisotopic (exact) mass is 356 g/mol. The molecule has 2 aromatic rings. The van der Waals surface area contributed by atoms with Crippen LogP contribution in [0.5, 0.6) is 0 Å². The topological polar surface area (TPSA) is 81.4 Å². The fourth-order valence-electron chi connectivity index (χ4n) is 1.95. The molecule has 8 heteroatoms. The number of hydrogen-bond acceptors (Lipinski definition) is 5. The average molecular weight is 357 g/mol. The van der Waals surface area contributed by atoms with Crippen LogP contribution in [0.4, 0.5) is 5.69 Å². The Hall–Kier alpha value is -2.05. The highest BCUT2D eigenvalue weighted by Crippen LogP contribution is 2.22. The first-order chi connectivity index (χ1) is 10.9. The van der Waals surface area contributed by atoms with Gasteiger partial charge in [-0.3, -0.25) is 4.79 Å². The minimum atomic E-state index is -0.653. The highest BCUT2D eigenvalue weighted by atomic mass is 35.5. The van der Waals surface area contributed by atoms with Gasteiger partial charge in [-0.1, -0.05) is 35.3 Å². The van der Waals surface area contributed by atoms with Crippen molar-refractivity contribution in [3.63, 3.8) is 0 Å². The van der Waals surface area contributed by atoms with Crippen molar-refractivity contribution in [2.75, 3.05) is 11.9 Å². The van der Waals surface area contributed by atoms with Crippen LogP contribution >= 0.6 is 23.2 Å². The quantitative estimate of drug-likeness (QED) is 0.826. The number of hydrogen-bond donors (Lipinski definition) is 1. The summed E-state index contributed by atoms with van der Waals surface area (Å²) in [5.41, 5.74) is 1.17. The molecule has 0 atom stereocenters. The number of carbonyl (C=O) groups excluding carboxylic acids is 2. The Morgan fingerprint density at radius 3 is 2.52 bits per heavy atom. The number of anilines is 1. The van der Waals surface area contributed by atoms with Gasteiger partial charge >= 0.3 is 5.97 Å². The summed E-state index contributed by atoms with van der Waals surface area (Å²) in [6.07, 6.45) is 0.523. The van der Waals surface area contributed by atoms with Crippen molar-refractivity contribution in [3.05, 3.63) is 45.3 Å². The van der Waals surface area contributed by atoms with Crippen LogP contribution in [0.2, 0.25) is 10.0 Å². The Labute approximate surface area is 142 Å². The zero-order chi connectivity index (χ0) is 17.0. The third-order valence-corrected chi connectivity index (χ3v) is 3.39. The SMILES string of the molecule is CCc1noc(C)c1C(=O)OCC(=O)Nc1cc(Cl)cc(Cl)c1. The van der Waals surface area contributed by atoms with Crippen LogP contribution in [-0.4, -0.2) is 23.6 Å². The minimum Gasteiger partial charge on any atom is -0.452 e. The van der Waals surface area contributed by atoms with Crippen LogP contribution in [0.3, 0.4) is 0 Å². The van der Waals surface area contributed by atoms with Crippen molar-refractivity contribution >= 4 is 40.8 Å². The molecule has 0 bridgehead atoms. The molecule has 1 aromatic carbocycles. The molecule has 122 valence electrons. The summed E-state index contributed by atoms with van der Waals surface area (Å²) in [4.78, 5) is 23.9. The van der Waals surface area contributed by atoms with E-state index in [2.05, 4.69) is 10.5 Å². The maximum Gasteiger partial charge on any atom is 0.344 e. The van der Waals surface area contributed by atoms with Gasteiger partial charge in [0.2, 0.25) is 0 Å². The summed E-state index contributed by atoms with van der Waals surface area (Å²) in [6, 6.07) is 4.61. The van der Waals surface area contributed by atoms with E-state index in [1.165, 1.54) is 12.1 Å². The number of ether oxygens (including phenoxy) is 1. The van der Waals surface area contributed by atoms with Crippen LogP contribution in [0.15, 0.2) is 22.7 Å². The number of halogens is 2. The molecule has 1 aromatic heterocycles. The van der Waals surface area contributed by atoms with Crippen LogP contribution < -0.4 is 5.32 Å². The van der Waals surface area contributed by atoms with Crippen molar-refractivity contribution in [1.29, 1.82) is 0 Å². The lowest BCUT2D eigenvalue weighted by molar-refractivity contribution is -0.119. The maximum absolute atomic E-state index is 12.0. The van der Waals surface area contributed by atoms with E-state index in [-0.39, 0.29) is 5.56 Å². The summed E-state index contributed by atoms with van der Waals surface area (Å²) in [7, 11) is 0. The average Bonchev–Trinajstić information content (AvgIpc) is 2.84. The molecule has 23 heavy (non-hydrogen) atoms. The van der Waals surface area contributed by atoms with Gasteiger partial charge in [0.1, 0.15) is 11.3 Å². The van der Waals surface area contributed by atoms with E-state index >= 15 is 0 Å². The number of amides is 1. The molecule has 1 amide bonds. The molecule has 1 heterocycles. The van der Waals surface area contributed by atoms with Crippen LogP contribution in [0.1, 0.15) is 28.7 Å². The van der Waals surface area contributed by atoms with Gasteiger partial charge in [0.15, 0.2) is 6.61 Å². The number of aromatic nitrogens is 1. The third kappa shape index (κ3) is 4.46. The Bertz CT molecular complexity index is 723. The first kappa shape index (κ1) is 17.3. The second kappa shape index (κ2) is 7.48. The zero-order valence-corrected chi connectivity index (χ0v) is 14.0. The van der Waals surface area contributed by atoms with E-state index in [1.54, 1.807) is 13.0 Å². The highest BCUT2D eigenvalue weighted by Gasteiger charge is 2.21. The van der Waals surface area contributed by atoms with Gasteiger partial charge < -0.3 is 14.6 Å². The van der Waals surface area contributed by atoms with E-state index in [1.807, 2.05) is 6.92 Å². The summed E-state index contributed by atoms with van der Waals surface area (Å²) in [5, 5.41) is 7.08. The van der Waals surface area contributed by atoms with Gasteiger partial charge in [-0.2, -0.15) is 0 Å². The molecule has 0 saturated heterocycles. The number of aryl methyl sites for hydroxylation is 2. The lowest BCUT2D eigenvalue weighted by Gasteiger charge is -2.07. The number of nitrogens with zero attached hydrogens (tertiary/aromatic N) is 1.